The Bertz CT molecular complexity index is 498. The Hall–Kier alpha value is -0.0400. The summed E-state index contributed by atoms with van der Waals surface area (Å²) in [4.78, 5) is 0. The summed E-state index contributed by atoms with van der Waals surface area (Å²) in [6, 6.07) is 0.834. The zero-order valence-electron chi connectivity index (χ0n) is 18.3. The lowest BCUT2D eigenvalue weighted by molar-refractivity contribution is -0.0774. The number of nitrogens with one attached hydrogen (secondary N) is 1. The Kier molecular flexibility index (Phi) is 5.26. The van der Waals surface area contributed by atoms with Crippen LogP contribution in [0.25, 0.3) is 0 Å². The van der Waals surface area contributed by atoms with Gasteiger partial charge in [0, 0.05) is 6.04 Å². The third-order valence-electron chi connectivity index (χ3n) is 10.1. The highest BCUT2D eigenvalue weighted by Crippen LogP contribution is 2.66. The van der Waals surface area contributed by atoms with Crippen molar-refractivity contribution in [1.29, 1.82) is 0 Å². The van der Waals surface area contributed by atoms with E-state index in [0.717, 1.165) is 41.5 Å². The van der Waals surface area contributed by atoms with Crippen LogP contribution in [-0.4, -0.2) is 12.6 Å². The number of fused-ring (bicyclic) bond motifs is 5. The maximum absolute atomic E-state index is 3.86. The molecule has 1 N–H and O–H groups in total. The fraction of sp³-hybridized carbons (Fsp3) is 1.00. The van der Waals surface area contributed by atoms with Gasteiger partial charge in [-0.1, -0.05) is 53.9 Å². The zero-order valence-corrected chi connectivity index (χ0v) is 18.3. The first kappa shape index (κ1) is 19.3. The molecular weight excluding hydrogens is 314 g/mol. The average molecular weight is 360 g/mol. The van der Waals surface area contributed by atoms with Crippen LogP contribution in [0.1, 0.15) is 98.8 Å². The summed E-state index contributed by atoms with van der Waals surface area (Å²) in [7, 11) is 0. The third kappa shape index (κ3) is 2.99. The fourth-order valence-corrected chi connectivity index (χ4v) is 8.69. The van der Waals surface area contributed by atoms with Crippen LogP contribution in [-0.2, 0) is 0 Å². The van der Waals surface area contributed by atoms with Crippen LogP contribution < -0.4 is 5.32 Å². The Balaban J connectivity index is 1.46. The van der Waals surface area contributed by atoms with Crippen LogP contribution in [0.5, 0.6) is 0 Å². The highest BCUT2D eigenvalue weighted by molar-refractivity contribution is 5.11. The monoisotopic (exact) mass is 359 g/mol. The second-order valence-corrected chi connectivity index (χ2v) is 11.7. The Morgan fingerprint density at radius 3 is 2.38 bits per heavy atom. The minimum atomic E-state index is 0.616. The number of rotatable bonds is 5. The van der Waals surface area contributed by atoms with E-state index in [9.17, 15) is 0 Å². The first-order chi connectivity index (χ1) is 12.4. The van der Waals surface area contributed by atoms with E-state index in [1.807, 2.05) is 0 Å². The summed E-state index contributed by atoms with van der Waals surface area (Å²) < 4.78 is 0. The number of hydrogen-bond acceptors (Lipinski definition) is 1. The molecule has 3 aliphatic carbocycles. The summed E-state index contributed by atoms with van der Waals surface area (Å²) in [6.45, 7) is 14.0. The minimum Gasteiger partial charge on any atom is -0.313 e. The van der Waals surface area contributed by atoms with E-state index in [0.29, 0.717) is 10.8 Å². The first-order valence-corrected chi connectivity index (χ1v) is 12.1. The van der Waals surface area contributed by atoms with Gasteiger partial charge in [-0.2, -0.15) is 0 Å². The van der Waals surface area contributed by atoms with Crippen LogP contribution in [0.3, 0.4) is 0 Å². The van der Waals surface area contributed by atoms with Crippen LogP contribution >= 0.6 is 0 Å². The predicted molar refractivity (Wildman–Crippen MR) is 112 cm³/mol. The van der Waals surface area contributed by atoms with E-state index < -0.39 is 0 Å². The van der Waals surface area contributed by atoms with Crippen molar-refractivity contribution >= 4 is 0 Å². The van der Waals surface area contributed by atoms with Crippen molar-refractivity contribution in [2.24, 2.45) is 46.3 Å². The second kappa shape index (κ2) is 7.09. The average Bonchev–Trinajstić information content (AvgIpc) is 3.13. The Labute approximate surface area is 163 Å². The molecule has 4 fully saturated rings. The summed E-state index contributed by atoms with van der Waals surface area (Å²) in [6.07, 6.45) is 14.9. The summed E-state index contributed by atoms with van der Waals surface area (Å²) in [5.41, 5.74) is 1.28. The van der Waals surface area contributed by atoms with Crippen LogP contribution in [0, 0.1) is 46.3 Å². The molecule has 4 aliphatic rings. The van der Waals surface area contributed by atoms with Crippen molar-refractivity contribution < 1.29 is 0 Å². The zero-order chi connectivity index (χ0) is 18.5. The molecule has 8 atom stereocenters. The van der Waals surface area contributed by atoms with E-state index in [2.05, 4.69) is 39.9 Å². The molecule has 4 rings (SSSR count). The van der Waals surface area contributed by atoms with Gasteiger partial charge in [-0.15, -0.1) is 0 Å². The number of hydrogen-bond donors (Lipinski definition) is 1. The van der Waals surface area contributed by atoms with E-state index in [1.54, 1.807) is 6.42 Å². The Morgan fingerprint density at radius 1 is 0.846 bits per heavy atom. The van der Waals surface area contributed by atoms with Crippen molar-refractivity contribution in [3.05, 3.63) is 0 Å². The van der Waals surface area contributed by atoms with Crippen molar-refractivity contribution in [3.8, 4) is 0 Å². The molecule has 0 aromatic rings. The summed E-state index contributed by atoms with van der Waals surface area (Å²) >= 11 is 0. The molecule has 1 heteroatoms. The van der Waals surface area contributed by atoms with Gasteiger partial charge in [-0.05, 0) is 97.8 Å². The lowest BCUT2D eigenvalue weighted by Gasteiger charge is -2.58. The van der Waals surface area contributed by atoms with Crippen molar-refractivity contribution in [2.45, 2.75) is 105 Å². The molecule has 0 amide bonds. The van der Waals surface area contributed by atoms with Gasteiger partial charge in [0.25, 0.3) is 0 Å². The summed E-state index contributed by atoms with van der Waals surface area (Å²) in [5, 5.41) is 3.86. The summed E-state index contributed by atoms with van der Waals surface area (Å²) in [5.74, 6) is 5.93. The van der Waals surface area contributed by atoms with Gasteiger partial charge in [-0.3, -0.25) is 0 Å². The lowest BCUT2D eigenvalue weighted by atomic mass is 9.48. The van der Waals surface area contributed by atoms with Crippen molar-refractivity contribution in [1.82, 2.24) is 5.32 Å². The van der Waals surface area contributed by atoms with E-state index in [4.69, 9.17) is 0 Å². The largest absolute Gasteiger partial charge is 0.313 e. The predicted octanol–water partition coefficient (Wildman–Crippen LogP) is 6.67. The van der Waals surface area contributed by atoms with Crippen molar-refractivity contribution in [2.75, 3.05) is 6.54 Å². The van der Waals surface area contributed by atoms with Crippen LogP contribution in [0.2, 0.25) is 0 Å². The maximum Gasteiger partial charge on any atom is 0.0124 e. The van der Waals surface area contributed by atoms with E-state index >= 15 is 0 Å². The first-order valence-electron chi connectivity index (χ1n) is 12.1. The molecule has 0 bridgehead atoms. The van der Waals surface area contributed by atoms with Gasteiger partial charge in [0.05, 0.1) is 0 Å². The quantitative estimate of drug-likeness (QED) is 0.578. The molecule has 0 aromatic heterocycles. The molecule has 150 valence electrons. The Morgan fingerprint density at radius 2 is 1.62 bits per heavy atom. The molecule has 0 unspecified atom stereocenters. The smallest absolute Gasteiger partial charge is 0.0124 e. The minimum absolute atomic E-state index is 0.616. The molecule has 1 aliphatic heterocycles. The highest BCUT2D eigenvalue weighted by atomic mass is 15.0. The lowest BCUT2D eigenvalue weighted by Crippen LogP contribution is -2.54. The van der Waals surface area contributed by atoms with Gasteiger partial charge in [0.2, 0.25) is 0 Å². The molecule has 1 nitrogen and oxygen atoms in total. The SMILES string of the molecule is CC(C)CCC[C@H](C)[C@H]1CC[C@H]2[C@H]3CC[C@H]4NCC[C@]4(C)[C@@H]3CC[C@]12C. The fourth-order valence-electron chi connectivity index (χ4n) is 8.69. The highest BCUT2D eigenvalue weighted by Gasteiger charge is 2.60. The van der Waals surface area contributed by atoms with E-state index in [1.165, 1.54) is 64.3 Å². The molecule has 1 heterocycles. The van der Waals surface area contributed by atoms with Gasteiger partial charge in [-0.25, -0.2) is 0 Å². The van der Waals surface area contributed by atoms with Gasteiger partial charge < -0.3 is 5.32 Å². The normalized spacial score (nSPS) is 48.9. The third-order valence-corrected chi connectivity index (χ3v) is 10.1. The molecular formula is C25H45N. The molecule has 3 saturated carbocycles. The molecule has 0 spiro atoms. The van der Waals surface area contributed by atoms with Crippen LogP contribution in [0.4, 0.5) is 0 Å². The maximum atomic E-state index is 3.86. The standard InChI is InChI=1S/C25H45N/c1-17(2)7-6-8-18(3)20-10-11-21-19-9-12-23-25(5,15-16-26-23)22(19)13-14-24(20,21)4/h17-23,26H,6-16H2,1-5H3/t18-,19+,20+,21-,22+,23+,24+,25+/m0/s1. The molecule has 26 heavy (non-hydrogen) atoms. The van der Waals surface area contributed by atoms with Gasteiger partial charge in [0.1, 0.15) is 0 Å². The second-order valence-electron chi connectivity index (χ2n) is 11.7. The van der Waals surface area contributed by atoms with Gasteiger partial charge in [0.15, 0.2) is 0 Å². The van der Waals surface area contributed by atoms with Crippen LogP contribution in [0.15, 0.2) is 0 Å². The molecule has 0 aromatic carbocycles. The van der Waals surface area contributed by atoms with Crippen molar-refractivity contribution in [3.63, 3.8) is 0 Å². The molecule has 1 saturated heterocycles. The molecule has 0 radical (unpaired) electrons. The van der Waals surface area contributed by atoms with E-state index in [-0.39, 0.29) is 0 Å². The topological polar surface area (TPSA) is 12.0 Å². The van der Waals surface area contributed by atoms with Gasteiger partial charge >= 0.3 is 0 Å².